The van der Waals surface area contributed by atoms with E-state index in [0.29, 0.717) is 41.0 Å². The van der Waals surface area contributed by atoms with Crippen LogP contribution in [0.5, 0.6) is 28.7 Å². The van der Waals surface area contributed by atoms with Crippen LogP contribution in [0.3, 0.4) is 0 Å². The summed E-state index contributed by atoms with van der Waals surface area (Å²) in [6, 6.07) is 8.95. The van der Waals surface area contributed by atoms with Crippen LogP contribution in [-0.2, 0) is 11.3 Å². The van der Waals surface area contributed by atoms with Crippen molar-refractivity contribution in [3.05, 3.63) is 35.9 Å². The van der Waals surface area contributed by atoms with Crippen LogP contribution in [0.2, 0.25) is 0 Å². The second-order valence-corrected chi connectivity index (χ2v) is 5.76. The van der Waals surface area contributed by atoms with Crippen molar-refractivity contribution in [2.75, 3.05) is 47.4 Å². The van der Waals surface area contributed by atoms with E-state index in [-0.39, 0.29) is 12.5 Å². The van der Waals surface area contributed by atoms with Gasteiger partial charge in [-0.05, 0) is 17.7 Å². The molecule has 2 rings (SSSR count). The molecule has 152 valence electrons. The molecule has 1 amide bonds. The highest BCUT2D eigenvalue weighted by molar-refractivity contribution is 5.93. The van der Waals surface area contributed by atoms with Crippen LogP contribution in [0.1, 0.15) is 5.56 Å². The normalized spacial score (nSPS) is 10.2. The fourth-order valence-electron chi connectivity index (χ4n) is 2.67. The zero-order valence-corrected chi connectivity index (χ0v) is 16.8. The van der Waals surface area contributed by atoms with Crippen LogP contribution in [0, 0.1) is 0 Å². The van der Waals surface area contributed by atoms with Gasteiger partial charge in [0, 0.05) is 24.4 Å². The summed E-state index contributed by atoms with van der Waals surface area (Å²) in [5.74, 6) is 2.50. The van der Waals surface area contributed by atoms with Crippen molar-refractivity contribution in [2.45, 2.75) is 6.54 Å². The predicted molar refractivity (Wildman–Crippen MR) is 106 cm³/mol. The van der Waals surface area contributed by atoms with E-state index in [9.17, 15) is 4.79 Å². The molecule has 2 aromatic rings. The van der Waals surface area contributed by atoms with Crippen molar-refractivity contribution in [3.8, 4) is 28.7 Å². The smallest absolute Gasteiger partial charge is 0.238 e. The number of anilines is 1. The molecular weight excluding hydrogens is 364 g/mol. The minimum Gasteiger partial charge on any atom is -0.493 e. The molecule has 0 bridgehead atoms. The molecule has 2 N–H and O–H groups in total. The van der Waals surface area contributed by atoms with Gasteiger partial charge in [-0.2, -0.15) is 0 Å². The summed E-state index contributed by atoms with van der Waals surface area (Å²) in [4.78, 5) is 12.2. The van der Waals surface area contributed by atoms with Gasteiger partial charge in [-0.15, -0.1) is 0 Å². The Balaban J connectivity index is 1.96. The Labute approximate surface area is 164 Å². The van der Waals surface area contributed by atoms with Crippen molar-refractivity contribution in [3.63, 3.8) is 0 Å². The third-order valence-corrected chi connectivity index (χ3v) is 4.01. The SMILES string of the molecule is COc1ccc(CNCC(=O)Nc2cc(OC)c(OC)c(OC)c2)cc1OC. The van der Waals surface area contributed by atoms with E-state index in [1.807, 2.05) is 18.2 Å². The minimum atomic E-state index is -0.199. The number of benzene rings is 2. The second kappa shape index (κ2) is 10.3. The summed E-state index contributed by atoms with van der Waals surface area (Å²) in [6.45, 7) is 0.633. The monoisotopic (exact) mass is 390 g/mol. The molecular formula is C20H26N2O6. The number of amides is 1. The van der Waals surface area contributed by atoms with Crippen molar-refractivity contribution in [1.29, 1.82) is 0 Å². The molecule has 0 saturated heterocycles. The van der Waals surface area contributed by atoms with Crippen molar-refractivity contribution in [1.82, 2.24) is 5.32 Å². The number of rotatable bonds is 10. The molecule has 0 radical (unpaired) electrons. The molecule has 8 nitrogen and oxygen atoms in total. The maximum Gasteiger partial charge on any atom is 0.238 e. The first-order valence-electron chi connectivity index (χ1n) is 8.57. The molecule has 0 atom stereocenters. The molecule has 0 unspecified atom stereocenters. The largest absolute Gasteiger partial charge is 0.493 e. The summed E-state index contributed by atoms with van der Waals surface area (Å²) in [5, 5.41) is 5.90. The molecule has 0 aliphatic rings. The lowest BCUT2D eigenvalue weighted by molar-refractivity contribution is -0.115. The van der Waals surface area contributed by atoms with Gasteiger partial charge in [0.05, 0.1) is 42.1 Å². The van der Waals surface area contributed by atoms with E-state index in [2.05, 4.69) is 10.6 Å². The van der Waals surface area contributed by atoms with Gasteiger partial charge in [0.25, 0.3) is 0 Å². The average molecular weight is 390 g/mol. The molecule has 0 fully saturated rings. The highest BCUT2D eigenvalue weighted by atomic mass is 16.5. The predicted octanol–water partition coefficient (Wildman–Crippen LogP) is 2.46. The fourth-order valence-corrected chi connectivity index (χ4v) is 2.67. The second-order valence-electron chi connectivity index (χ2n) is 5.76. The Hall–Kier alpha value is -3.13. The Morgan fingerprint density at radius 1 is 0.786 bits per heavy atom. The van der Waals surface area contributed by atoms with E-state index >= 15 is 0 Å². The summed E-state index contributed by atoms with van der Waals surface area (Å²) < 4.78 is 26.3. The van der Waals surface area contributed by atoms with Gasteiger partial charge >= 0.3 is 0 Å². The number of carbonyl (C=O) groups is 1. The summed E-state index contributed by atoms with van der Waals surface area (Å²) >= 11 is 0. The molecule has 0 heterocycles. The van der Waals surface area contributed by atoms with E-state index in [1.165, 1.54) is 21.3 Å². The van der Waals surface area contributed by atoms with Crippen LogP contribution >= 0.6 is 0 Å². The van der Waals surface area contributed by atoms with Crippen LogP contribution in [0.15, 0.2) is 30.3 Å². The first kappa shape index (κ1) is 21.2. The average Bonchev–Trinajstić information content (AvgIpc) is 2.72. The van der Waals surface area contributed by atoms with Gasteiger partial charge in [0.15, 0.2) is 23.0 Å². The number of hydrogen-bond donors (Lipinski definition) is 2. The van der Waals surface area contributed by atoms with E-state index < -0.39 is 0 Å². The van der Waals surface area contributed by atoms with Crippen molar-refractivity contribution in [2.24, 2.45) is 0 Å². The van der Waals surface area contributed by atoms with E-state index in [1.54, 1.807) is 26.4 Å². The van der Waals surface area contributed by atoms with Gasteiger partial charge < -0.3 is 34.3 Å². The van der Waals surface area contributed by atoms with Gasteiger partial charge in [0.1, 0.15) is 0 Å². The highest BCUT2D eigenvalue weighted by Crippen LogP contribution is 2.39. The van der Waals surface area contributed by atoms with Gasteiger partial charge in [-0.1, -0.05) is 6.07 Å². The molecule has 0 aromatic heterocycles. The number of methoxy groups -OCH3 is 5. The summed E-state index contributed by atoms with van der Waals surface area (Å²) in [6.07, 6.45) is 0. The minimum absolute atomic E-state index is 0.130. The molecule has 0 aliphatic carbocycles. The van der Waals surface area contributed by atoms with Crippen LogP contribution in [-0.4, -0.2) is 48.0 Å². The highest BCUT2D eigenvalue weighted by Gasteiger charge is 2.14. The number of ether oxygens (including phenoxy) is 5. The molecule has 0 saturated carbocycles. The maximum atomic E-state index is 12.2. The molecule has 0 spiro atoms. The first-order chi connectivity index (χ1) is 13.6. The maximum absolute atomic E-state index is 12.2. The zero-order chi connectivity index (χ0) is 20.5. The Morgan fingerprint density at radius 3 is 1.93 bits per heavy atom. The van der Waals surface area contributed by atoms with Crippen LogP contribution in [0.4, 0.5) is 5.69 Å². The van der Waals surface area contributed by atoms with E-state index in [4.69, 9.17) is 23.7 Å². The quantitative estimate of drug-likeness (QED) is 0.644. The molecule has 28 heavy (non-hydrogen) atoms. The zero-order valence-electron chi connectivity index (χ0n) is 16.8. The number of nitrogens with one attached hydrogen (secondary N) is 2. The lowest BCUT2D eigenvalue weighted by Crippen LogP contribution is -2.27. The Kier molecular flexibility index (Phi) is 7.76. The fraction of sp³-hybridized carbons (Fsp3) is 0.350. The van der Waals surface area contributed by atoms with Gasteiger partial charge in [-0.3, -0.25) is 4.79 Å². The molecule has 8 heteroatoms. The lowest BCUT2D eigenvalue weighted by atomic mass is 10.2. The lowest BCUT2D eigenvalue weighted by Gasteiger charge is -2.15. The first-order valence-corrected chi connectivity index (χ1v) is 8.57. The van der Waals surface area contributed by atoms with Crippen molar-refractivity contribution < 1.29 is 28.5 Å². The van der Waals surface area contributed by atoms with Gasteiger partial charge in [0.2, 0.25) is 11.7 Å². The van der Waals surface area contributed by atoms with Crippen molar-refractivity contribution >= 4 is 11.6 Å². The third-order valence-electron chi connectivity index (χ3n) is 4.01. The number of carbonyl (C=O) groups excluding carboxylic acids is 1. The number of hydrogen-bond acceptors (Lipinski definition) is 7. The van der Waals surface area contributed by atoms with Crippen LogP contribution < -0.4 is 34.3 Å². The Morgan fingerprint density at radius 2 is 1.39 bits per heavy atom. The Bertz CT molecular complexity index is 784. The summed E-state index contributed by atoms with van der Waals surface area (Å²) in [7, 11) is 7.74. The standard InChI is InChI=1S/C20H26N2O6/c1-24-15-7-6-13(8-16(15)25-2)11-21-12-19(23)22-14-9-17(26-3)20(28-5)18(10-14)27-4/h6-10,21H,11-12H2,1-5H3,(H,22,23). The topological polar surface area (TPSA) is 87.3 Å². The van der Waals surface area contributed by atoms with Gasteiger partial charge in [-0.25, -0.2) is 0 Å². The summed E-state index contributed by atoms with van der Waals surface area (Å²) in [5.41, 5.74) is 1.52. The molecule has 0 aliphatic heterocycles. The third kappa shape index (κ3) is 5.20. The van der Waals surface area contributed by atoms with E-state index in [0.717, 1.165) is 5.56 Å². The molecule has 2 aromatic carbocycles. The van der Waals surface area contributed by atoms with Crippen LogP contribution in [0.25, 0.3) is 0 Å².